The zero-order chi connectivity index (χ0) is 8.20. The van der Waals surface area contributed by atoms with Crippen LogP contribution in [-0.4, -0.2) is 11.3 Å². The van der Waals surface area contributed by atoms with E-state index in [-0.39, 0.29) is 38.5 Å². The van der Waals surface area contributed by atoms with Gasteiger partial charge in [-0.05, 0) is 6.92 Å². The van der Waals surface area contributed by atoms with Gasteiger partial charge in [0.15, 0.2) is 0 Å². The first kappa shape index (κ1) is 14.3. The average Bonchev–Trinajstić information content (AvgIpc) is 1.88. The Balaban J connectivity index is 0. The third-order valence-corrected chi connectivity index (χ3v) is 1.75. The molecule has 0 rings (SSSR count). The molecule has 1 atom stereocenters. The van der Waals surface area contributed by atoms with Crippen molar-refractivity contribution in [3.63, 3.8) is 0 Å². The molecule has 0 aliphatic heterocycles. The van der Waals surface area contributed by atoms with Crippen molar-refractivity contribution in [1.29, 1.82) is 0 Å². The van der Waals surface area contributed by atoms with E-state index >= 15 is 0 Å². The van der Waals surface area contributed by atoms with E-state index in [4.69, 9.17) is 0 Å². The molecule has 0 bridgehead atoms. The maximum Gasteiger partial charge on any atom is 0.116 e. The van der Waals surface area contributed by atoms with Gasteiger partial charge in [0.25, 0.3) is 0 Å². The van der Waals surface area contributed by atoms with Crippen LogP contribution in [0.3, 0.4) is 0 Å². The molecule has 0 aromatic rings. The zero-order valence-corrected chi connectivity index (χ0v) is 10.5. The van der Waals surface area contributed by atoms with Crippen molar-refractivity contribution in [2.24, 2.45) is 0 Å². The van der Waals surface area contributed by atoms with Crippen LogP contribution in [-0.2, 0) is 37.5 Å². The van der Waals surface area contributed by atoms with E-state index < -0.39 is 5.54 Å². The zero-order valence-electron chi connectivity index (χ0n) is 7.64. The van der Waals surface area contributed by atoms with Crippen LogP contribution in [0.25, 0.3) is 0 Å². The summed E-state index contributed by atoms with van der Waals surface area (Å²) in [5.74, 6) is 0.133. The second-order valence-corrected chi connectivity index (χ2v) is 2.48. The minimum absolute atomic E-state index is 0. The van der Waals surface area contributed by atoms with Crippen molar-refractivity contribution in [3.8, 4) is 0 Å². The molecule has 1 radical (unpaired) electrons. The van der Waals surface area contributed by atoms with Gasteiger partial charge >= 0.3 is 0 Å². The summed E-state index contributed by atoms with van der Waals surface area (Å²) in [5, 5.41) is 2.98. The summed E-state index contributed by atoms with van der Waals surface area (Å²) >= 11 is 0. The van der Waals surface area contributed by atoms with Crippen molar-refractivity contribution >= 4 is 5.78 Å². The van der Waals surface area contributed by atoms with E-state index in [0.29, 0.717) is 0 Å². The summed E-state index contributed by atoms with van der Waals surface area (Å²) in [6, 6.07) is 0. The Hall–Kier alpha value is 0.734. The van der Waals surface area contributed by atoms with Crippen LogP contribution < -0.4 is 5.32 Å². The number of hydrogen-bond donors (Lipinski definition) is 1. The van der Waals surface area contributed by atoms with Crippen LogP contribution in [0.15, 0.2) is 0 Å². The molecule has 3 heteroatoms. The van der Waals surface area contributed by atoms with Crippen molar-refractivity contribution in [2.45, 2.75) is 33.2 Å². The van der Waals surface area contributed by atoms with Gasteiger partial charge in [-0.1, -0.05) is 12.5 Å². The predicted molar refractivity (Wildman–Crippen MR) is 42.2 cm³/mol. The molecule has 0 aliphatic rings. The molecule has 0 aliphatic carbocycles. The summed E-state index contributed by atoms with van der Waals surface area (Å²) in [7, 11) is 0. The van der Waals surface area contributed by atoms with Crippen LogP contribution in [0, 0.1) is 13.0 Å². The standard InChI is InChI=1S/C8H15NO.Y/c1-5-8(4,7(3)10)9-6-2;/h5-6,9H,1-4H3;/q-2;. The maximum atomic E-state index is 11.0. The summed E-state index contributed by atoms with van der Waals surface area (Å²) in [4.78, 5) is 11.0. The van der Waals surface area contributed by atoms with Crippen LogP contribution in [0.2, 0.25) is 0 Å². The van der Waals surface area contributed by atoms with E-state index in [0.717, 1.165) is 0 Å². The SMILES string of the molecule is C[CH-]NC(C)([CH-]C)C(C)=O.[Y]. The Labute approximate surface area is 94.4 Å². The molecule has 0 heterocycles. The Morgan fingerprint density at radius 1 is 1.45 bits per heavy atom. The third kappa shape index (κ3) is 4.34. The fourth-order valence-corrected chi connectivity index (χ4v) is 0.688. The fourth-order valence-electron chi connectivity index (χ4n) is 0.688. The quantitative estimate of drug-likeness (QED) is 0.738. The van der Waals surface area contributed by atoms with Crippen LogP contribution in [0.1, 0.15) is 27.7 Å². The number of ketones is 1. The molecular weight excluding hydrogens is 215 g/mol. The topological polar surface area (TPSA) is 29.1 Å². The molecule has 63 valence electrons. The minimum Gasteiger partial charge on any atom is -0.484 e. The minimum atomic E-state index is -0.477. The summed E-state index contributed by atoms with van der Waals surface area (Å²) in [6.45, 7) is 8.95. The van der Waals surface area contributed by atoms with Gasteiger partial charge in [0.05, 0.1) is 0 Å². The molecule has 0 amide bonds. The molecule has 0 saturated carbocycles. The molecule has 11 heavy (non-hydrogen) atoms. The largest absolute Gasteiger partial charge is 0.484 e. The smallest absolute Gasteiger partial charge is 0.116 e. The van der Waals surface area contributed by atoms with Gasteiger partial charge in [0.1, 0.15) is 5.78 Å². The molecule has 0 aromatic carbocycles. The summed E-state index contributed by atoms with van der Waals surface area (Å²) in [5.41, 5.74) is -0.477. The van der Waals surface area contributed by atoms with Crippen molar-refractivity contribution in [2.75, 3.05) is 0 Å². The summed E-state index contributed by atoms with van der Waals surface area (Å²) < 4.78 is 0. The predicted octanol–water partition coefficient (Wildman–Crippen LogP) is 1.33. The van der Waals surface area contributed by atoms with Crippen LogP contribution in [0.4, 0.5) is 0 Å². The second-order valence-electron chi connectivity index (χ2n) is 2.48. The van der Waals surface area contributed by atoms with Crippen molar-refractivity contribution < 1.29 is 37.5 Å². The molecule has 0 saturated heterocycles. The van der Waals surface area contributed by atoms with Crippen LogP contribution in [0.5, 0.6) is 0 Å². The second kappa shape index (κ2) is 6.27. The average molecular weight is 230 g/mol. The summed E-state index contributed by atoms with van der Waals surface area (Å²) in [6.07, 6.45) is 1.86. The van der Waals surface area contributed by atoms with Crippen molar-refractivity contribution in [1.82, 2.24) is 5.32 Å². The molecule has 0 aromatic heterocycles. The third-order valence-electron chi connectivity index (χ3n) is 1.75. The van der Waals surface area contributed by atoms with Gasteiger partial charge in [-0.15, -0.1) is 0 Å². The van der Waals surface area contributed by atoms with Gasteiger partial charge in [-0.3, -0.25) is 6.54 Å². The van der Waals surface area contributed by atoms with Gasteiger partial charge in [-0.2, -0.15) is 13.8 Å². The van der Waals surface area contributed by atoms with E-state index in [9.17, 15) is 4.79 Å². The van der Waals surface area contributed by atoms with Gasteiger partial charge < -0.3 is 16.5 Å². The fraction of sp³-hybridized carbons (Fsp3) is 0.625. The van der Waals surface area contributed by atoms with E-state index in [1.807, 2.05) is 27.2 Å². The van der Waals surface area contributed by atoms with E-state index in [2.05, 4.69) is 5.32 Å². The van der Waals surface area contributed by atoms with E-state index in [1.165, 1.54) is 0 Å². The number of carbonyl (C=O) groups is 1. The van der Waals surface area contributed by atoms with E-state index in [1.54, 1.807) is 13.5 Å². The molecular formula is C8H15NOY-2. The number of carbonyl (C=O) groups excluding carboxylic acids is 1. The first-order chi connectivity index (χ1) is 4.56. The molecule has 0 spiro atoms. The number of hydrogen-bond acceptors (Lipinski definition) is 2. The Bertz CT molecular complexity index is 127. The van der Waals surface area contributed by atoms with Crippen molar-refractivity contribution in [3.05, 3.63) is 13.0 Å². The van der Waals surface area contributed by atoms with Crippen LogP contribution >= 0.6 is 0 Å². The van der Waals surface area contributed by atoms with Gasteiger partial charge in [0, 0.05) is 32.7 Å². The monoisotopic (exact) mass is 230 g/mol. The molecule has 1 N–H and O–H groups in total. The number of Topliss-reactive ketones (excluding diaryl/α,β-unsaturated/α-hetero) is 1. The first-order valence-electron chi connectivity index (χ1n) is 3.44. The number of nitrogens with one attached hydrogen (secondary N) is 1. The Kier molecular flexibility index (Phi) is 8.14. The van der Waals surface area contributed by atoms with Gasteiger partial charge in [0.2, 0.25) is 0 Å². The Morgan fingerprint density at radius 2 is 1.91 bits per heavy atom. The normalized spacial score (nSPS) is 14.9. The maximum absolute atomic E-state index is 11.0. The number of rotatable bonds is 4. The molecule has 2 nitrogen and oxygen atoms in total. The first-order valence-corrected chi connectivity index (χ1v) is 3.44. The molecule has 1 unspecified atom stereocenters. The Morgan fingerprint density at radius 3 is 2.00 bits per heavy atom. The molecule has 0 fully saturated rings. The van der Waals surface area contributed by atoms with Gasteiger partial charge in [-0.25, -0.2) is 0 Å².